The van der Waals surface area contributed by atoms with Gasteiger partial charge in [-0.1, -0.05) is 11.4 Å². The summed E-state index contributed by atoms with van der Waals surface area (Å²) < 4.78 is 36.0. The topological polar surface area (TPSA) is 67.4 Å². The molecule has 0 aliphatic rings. The molecule has 7 nitrogen and oxygen atoms in total. The first kappa shape index (κ1) is 26.3. The maximum atomic E-state index is 6.06. The minimum Gasteiger partial charge on any atom is -0.492 e. The standard InChI is InChI=1S/C18H39NO6Si2/c1-7-20-15(13-26)17(22-9-3,23-10-4)19-18(24-11-5,25-12-6)16(14-27)21-8-2/h13-14,19H,7-12H2,1-6,26-27H3/b15-13-,16-14-. The molecule has 0 amide bonds. The molecule has 0 radical (unpaired) electrons. The highest BCUT2D eigenvalue weighted by Gasteiger charge is 2.50. The zero-order valence-corrected chi connectivity index (χ0v) is 22.3. The zero-order chi connectivity index (χ0) is 20.8. The van der Waals surface area contributed by atoms with Gasteiger partial charge >= 0.3 is 0 Å². The Bertz CT molecular complexity index is 407. The molecule has 0 saturated heterocycles. The summed E-state index contributed by atoms with van der Waals surface area (Å²) in [5.41, 5.74) is 3.91. The van der Waals surface area contributed by atoms with Gasteiger partial charge < -0.3 is 28.4 Å². The van der Waals surface area contributed by atoms with E-state index in [1.165, 1.54) is 0 Å². The van der Waals surface area contributed by atoms with Crippen molar-refractivity contribution in [1.29, 1.82) is 0 Å². The molecule has 27 heavy (non-hydrogen) atoms. The Morgan fingerprint density at radius 1 is 0.630 bits per heavy atom. The van der Waals surface area contributed by atoms with Gasteiger partial charge in [0.05, 0.1) is 13.2 Å². The smallest absolute Gasteiger partial charge is 0.292 e. The lowest BCUT2D eigenvalue weighted by Gasteiger charge is -2.43. The molecule has 9 heteroatoms. The van der Waals surface area contributed by atoms with E-state index in [0.717, 1.165) is 20.5 Å². The minimum absolute atomic E-state index is 0.405. The van der Waals surface area contributed by atoms with Crippen LogP contribution in [0.1, 0.15) is 41.5 Å². The van der Waals surface area contributed by atoms with Crippen molar-refractivity contribution in [2.24, 2.45) is 0 Å². The van der Waals surface area contributed by atoms with Crippen LogP contribution in [-0.4, -0.2) is 71.9 Å². The normalized spacial score (nSPS) is 14.0. The lowest BCUT2D eigenvalue weighted by molar-refractivity contribution is -0.331. The number of nitrogens with one attached hydrogen (secondary N) is 1. The van der Waals surface area contributed by atoms with Crippen LogP contribution >= 0.6 is 0 Å². The van der Waals surface area contributed by atoms with Crippen LogP contribution in [0.5, 0.6) is 0 Å². The quantitative estimate of drug-likeness (QED) is 0.221. The fourth-order valence-electron chi connectivity index (χ4n) is 2.71. The second-order valence-electron chi connectivity index (χ2n) is 5.26. The molecular weight excluding hydrogens is 382 g/mol. The average molecular weight is 422 g/mol. The molecule has 0 atom stereocenters. The lowest BCUT2D eigenvalue weighted by atomic mass is 10.3. The van der Waals surface area contributed by atoms with E-state index in [1.54, 1.807) is 0 Å². The van der Waals surface area contributed by atoms with Crippen molar-refractivity contribution in [2.75, 3.05) is 39.6 Å². The molecule has 0 aromatic carbocycles. The third-order valence-electron chi connectivity index (χ3n) is 3.49. The van der Waals surface area contributed by atoms with Crippen molar-refractivity contribution in [3.63, 3.8) is 0 Å². The molecule has 160 valence electrons. The minimum atomic E-state index is -1.35. The predicted molar refractivity (Wildman–Crippen MR) is 114 cm³/mol. The van der Waals surface area contributed by atoms with Crippen molar-refractivity contribution < 1.29 is 28.4 Å². The maximum absolute atomic E-state index is 6.06. The van der Waals surface area contributed by atoms with Crippen molar-refractivity contribution in [3.8, 4) is 0 Å². The summed E-state index contributed by atoms with van der Waals surface area (Å²) in [6.07, 6.45) is 0. The fourth-order valence-corrected chi connectivity index (χ4v) is 3.81. The number of ether oxygens (including phenoxy) is 6. The van der Waals surface area contributed by atoms with Gasteiger partial charge in [0.1, 0.15) is 0 Å². The molecule has 0 rings (SSSR count). The van der Waals surface area contributed by atoms with E-state index in [0.29, 0.717) is 51.2 Å². The molecule has 0 spiro atoms. The van der Waals surface area contributed by atoms with E-state index in [2.05, 4.69) is 5.32 Å². The Morgan fingerprint density at radius 3 is 1.11 bits per heavy atom. The molecule has 0 fully saturated rings. The first-order chi connectivity index (χ1) is 13.0. The third-order valence-corrected chi connectivity index (χ3v) is 4.54. The van der Waals surface area contributed by atoms with Gasteiger partial charge in [-0.25, -0.2) is 0 Å². The number of hydrogen-bond donors (Lipinski definition) is 1. The van der Waals surface area contributed by atoms with E-state index in [1.807, 2.05) is 52.9 Å². The van der Waals surface area contributed by atoms with Crippen LogP contribution in [0.2, 0.25) is 0 Å². The maximum Gasteiger partial charge on any atom is 0.292 e. The van der Waals surface area contributed by atoms with E-state index in [4.69, 9.17) is 28.4 Å². The molecular formula is C18H39NO6Si2. The summed E-state index contributed by atoms with van der Waals surface area (Å²) in [5.74, 6) is -1.57. The average Bonchev–Trinajstić information content (AvgIpc) is 2.64. The van der Waals surface area contributed by atoms with Gasteiger partial charge in [0.15, 0.2) is 11.5 Å². The third kappa shape index (κ3) is 7.33. The molecule has 1 N–H and O–H groups in total. The van der Waals surface area contributed by atoms with Gasteiger partial charge in [0.25, 0.3) is 11.8 Å². The van der Waals surface area contributed by atoms with Crippen molar-refractivity contribution >= 4 is 20.5 Å². The predicted octanol–water partition coefficient (Wildman–Crippen LogP) is 0.516. The van der Waals surface area contributed by atoms with Gasteiger partial charge in [-0.15, -0.1) is 0 Å². The second-order valence-corrected chi connectivity index (χ2v) is 6.42. The summed E-state index contributed by atoms with van der Waals surface area (Å²) >= 11 is 0. The Hall–Kier alpha value is -0.686. The molecule has 0 aliphatic carbocycles. The van der Waals surface area contributed by atoms with Crippen LogP contribution in [-0.2, 0) is 28.4 Å². The summed E-state index contributed by atoms with van der Waals surface area (Å²) in [4.78, 5) is 0. The summed E-state index contributed by atoms with van der Waals surface area (Å²) in [6, 6.07) is 0. The summed E-state index contributed by atoms with van der Waals surface area (Å²) in [6.45, 7) is 14.1. The summed E-state index contributed by atoms with van der Waals surface area (Å²) in [5, 5.41) is 3.33. The van der Waals surface area contributed by atoms with E-state index in [9.17, 15) is 0 Å². The van der Waals surface area contributed by atoms with Gasteiger partial charge in [-0.2, -0.15) is 5.32 Å². The Balaban J connectivity index is 6.37. The van der Waals surface area contributed by atoms with Gasteiger partial charge in [0, 0.05) is 46.9 Å². The molecule has 0 aromatic heterocycles. The van der Waals surface area contributed by atoms with Crippen LogP contribution in [0.15, 0.2) is 22.9 Å². The van der Waals surface area contributed by atoms with E-state index < -0.39 is 11.8 Å². The number of rotatable bonds is 16. The molecule has 0 bridgehead atoms. The molecule has 0 aromatic rings. The van der Waals surface area contributed by atoms with Crippen LogP contribution in [0.25, 0.3) is 0 Å². The largest absolute Gasteiger partial charge is 0.492 e. The van der Waals surface area contributed by atoms with Crippen LogP contribution in [0.3, 0.4) is 0 Å². The first-order valence-corrected chi connectivity index (χ1v) is 12.2. The Labute approximate surface area is 170 Å². The van der Waals surface area contributed by atoms with E-state index >= 15 is 0 Å². The molecule has 0 unspecified atom stereocenters. The van der Waals surface area contributed by atoms with Gasteiger partial charge in [-0.3, -0.25) is 0 Å². The molecule has 0 heterocycles. The first-order valence-electron chi connectivity index (χ1n) is 9.93. The van der Waals surface area contributed by atoms with E-state index in [-0.39, 0.29) is 0 Å². The fraction of sp³-hybridized carbons (Fsp3) is 0.778. The molecule has 0 saturated carbocycles. The SMILES string of the molecule is CCO/C(=C\[SiH3])C(NC(OCC)(OCC)/C(=C/[SiH3])OCC)(OCC)OCC. The highest BCUT2D eigenvalue weighted by Crippen LogP contribution is 2.31. The highest BCUT2D eigenvalue weighted by molar-refractivity contribution is 6.17. The monoisotopic (exact) mass is 421 g/mol. The zero-order valence-electron chi connectivity index (χ0n) is 18.3. The second kappa shape index (κ2) is 14.3. The highest BCUT2D eigenvalue weighted by atomic mass is 28.1. The van der Waals surface area contributed by atoms with Crippen LogP contribution in [0.4, 0.5) is 0 Å². The van der Waals surface area contributed by atoms with Crippen molar-refractivity contribution in [1.82, 2.24) is 5.32 Å². The van der Waals surface area contributed by atoms with Crippen molar-refractivity contribution in [2.45, 2.75) is 53.4 Å². The Morgan fingerprint density at radius 2 is 0.926 bits per heavy atom. The summed E-state index contributed by atoms with van der Waals surface area (Å²) in [7, 11) is 1.54. The molecule has 0 aliphatic heterocycles. The van der Waals surface area contributed by atoms with Crippen LogP contribution < -0.4 is 5.32 Å². The van der Waals surface area contributed by atoms with Crippen molar-refractivity contribution in [3.05, 3.63) is 22.9 Å². The van der Waals surface area contributed by atoms with Gasteiger partial charge in [0.2, 0.25) is 0 Å². The lowest BCUT2D eigenvalue weighted by Crippen LogP contribution is -2.65. The van der Waals surface area contributed by atoms with Crippen LogP contribution in [0, 0.1) is 0 Å². The Kier molecular flexibility index (Phi) is 14.0. The number of hydrogen-bond acceptors (Lipinski definition) is 7. The van der Waals surface area contributed by atoms with Gasteiger partial charge in [-0.05, 0) is 41.5 Å².